The molecule has 0 aliphatic carbocycles. The van der Waals surface area contributed by atoms with Crippen molar-refractivity contribution in [2.45, 2.75) is 13.1 Å². The van der Waals surface area contributed by atoms with E-state index in [9.17, 15) is 18.0 Å². The average Bonchev–Trinajstić information content (AvgIpc) is 3.02. The second-order valence-electron chi connectivity index (χ2n) is 4.63. The molecule has 0 saturated carbocycles. The number of fused-ring (bicyclic) bond motifs is 1. The summed E-state index contributed by atoms with van der Waals surface area (Å²) < 4.78 is 39.7. The average molecular weight is 342 g/mol. The first kappa shape index (κ1) is 15.3. The van der Waals surface area contributed by atoms with Crippen molar-refractivity contribution in [2.24, 2.45) is 7.05 Å². The summed E-state index contributed by atoms with van der Waals surface area (Å²) in [5.74, 6) is -0.625. The summed E-state index contributed by atoms with van der Waals surface area (Å²) in [5, 5.41) is 9.82. The number of nitrogens with zero attached hydrogens (tertiary/aromatic N) is 5. The molecule has 0 fully saturated rings. The highest BCUT2D eigenvalue weighted by molar-refractivity contribution is 7.16. The number of amides is 1. The number of aromatic nitrogens is 5. The van der Waals surface area contributed by atoms with Gasteiger partial charge in [-0.3, -0.25) is 10.1 Å². The zero-order valence-corrected chi connectivity index (χ0v) is 12.7. The predicted octanol–water partition coefficient (Wildman–Crippen LogP) is 2.40. The highest BCUT2D eigenvalue weighted by Crippen LogP contribution is 2.37. The molecule has 0 spiro atoms. The molecule has 1 amide bonds. The SMILES string of the molecule is Cc1nc(NC(=O)c2ccnc3c2nnn3C)sc1C(F)(F)F. The smallest absolute Gasteiger partial charge is 0.298 e. The van der Waals surface area contributed by atoms with Gasteiger partial charge in [-0.25, -0.2) is 14.6 Å². The van der Waals surface area contributed by atoms with Crippen LogP contribution in [0.1, 0.15) is 20.9 Å². The number of alkyl halides is 3. The Labute approximate surface area is 131 Å². The number of hydrogen-bond acceptors (Lipinski definition) is 6. The Morgan fingerprint density at radius 1 is 1.39 bits per heavy atom. The molecule has 7 nitrogen and oxygen atoms in total. The van der Waals surface area contributed by atoms with Gasteiger partial charge in [0.2, 0.25) is 0 Å². The summed E-state index contributed by atoms with van der Waals surface area (Å²) in [6.45, 7) is 1.24. The minimum Gasteiger partial charge on any atom is -0.298 e. The van der Waals surface area contributed by atoms with Crippen LogP contribution in [0.5, 0.6) is 0 Å². The lowest BCUT2D eigenvalue weighted by Crippen LogP contribution is -2.12. The van der Waals surface area contributed by atoms with E-state index in [0.717, 1.165) is 0 Å². The van der Waals surface area contributed by atoms with E-state index in [1.807, 2.05) is 0 Å². The lowest BCUT2D eigenvalue weighted by atomic mass is 10.2. The second kappa shape index (κ2) is 5.26. The Balaban J connectivity index is 1.93. The van der Waals surface area contributed by atoms with E-state index in [1.165, 1.54) is 23.9 Å². The normalized spacial score (nSPS) is 11.9. The Kier molecular flexibility index (Phi) is 3.51. The molecule has 0 unspecified atom stereocenters. The molecule has 0 radical (unpaired) electrons. The maximum Gasteiger partial charge on any atom is 0.427 e. The Morgan fingerprint density at radius 3 is 2.78 bits per heavy atom. The van der Waals surface area contributed by atoms with Crippen LogP contribution in [0, 0.1) is 6.92 Å². The number of pyridine rings is 1. The summed E-state index contributed by atoms with van der Waals surface area (Å²) in [6.07, 6.45) is -3.10. The summed E-state index contributed by atoms with van der Waals surface area (Å²) >= 11 is 0.375. The van der Waals surface area contributed by atoms with Crippen LogP contribution in [-0.4, -0.2) is 30.9 Å². The maximum atomic E-state index is 12.8. The van der Waals surface area contributed by atoms with Gasteiger partial charge in [0.25, 0.3) is 5.91 Å². The minimum atomic E-state index is -4.50. The lowest BCUT2D eigenvalue weighted by molar-refractivity contribution is -0.134. The number of thiazole rings is 1. The highest BCUT2D eigenvalue weighted by atomic mass is 32.1. The van der Waals surface area contributed by atoms with Crippen LogP contribution in [0.2, 0.25) is 0 Å². The molecule has 23 heavy (non-hydrogen) atoms. The number of hydrogen-bond donors (Lipinski definition) is 1. The molecule has 0 aromatic carbocycles. The van der Waals surface area contributed by atoms with Crippen LogP contribution in [0.3, 0.4) is 0 Å². The van der Waals surface area contributed by atoms with Gasteiger partial charge in [0.15, 0.2) is 10.8 Å². The van der Waals surface area contributed by atoms with Gasteiger partial charge >= 0.3 is 6.18 Å². The monoisotopic (exact) mass is 342 g/mol. The number of nitrogens with one attached hydrogen (secondary N) is 1. The molecular formula is C12H9F3N6OS. The van der Waals surface area contributed by atoms with Crippen LogP contribution in [0.15, 0.2) is 12.3 Å². The van der Waals surface area contributed by atoms with Gasteiger partial charge in [-0.1, -0.05) is 16.6 Å². The Hall–Kier alpha value is -2.56. The fraction of sp³-hybridized carbons (Fsp3) is 0.250. The molecule has 3 rings (SSSR count). The first-order chi connectivity index (χ1) is 10.8. The molecule has 0 saturated heterocycles. The third kappa shape index (κ3) is 2.74. The topological polar surface area (TPSA) is 85.6 Å². The highest BCUT2D eigenvalue weighted by Gasteiger charge is 2.36. The van der Waals surface area contributed by atoms with Gasteiger partial charge in [0.1, 0.15) is 10.4 Å². The van der Waals surface area contributed by atoms with Crippen molar-refractivity contribution >= 4 is 33.5 Å². The van der Waals surface area contributed by atoms with E-state index >= 15 is 0 Å². The van der Waals surface area contributed by atoms with Gasteiger partial charge in [-0.2, -0.15) is 13.2 Å². The van der Waals surface area contributed by atoms with Crippen LogP contribution >= 0.6 is 11.3 Å². The van der Waals surface area contributed by atoms with E-state index in [0.29, 0.717) is 17.0 Å². The molecule has 1 N–H and O–H groups in total. The zero-order valence-electron chi connectivity index (χ0n) is 11.8. The van der Waals surface area contributed by atoms with E-state index < -0.39 is 17.0 Å². The Bertz CT molecular complexity index is 900. The summed E-state index contributed by atoms with van der Waals surface area (Å²) in [7, 11) is 1.61. The van der Waals surface area contributed by atoms with Crippen molar-refractivity contribution < 1.29 is 18.0 Å². The van der Waals surface area contributed by atoms with E-state index in [-0.39, 0.29) is 21.9 Å². The third-order valence-electron chi connectivity index (χ3n) is 3.01. The van der Waals surface area contributed by atoms with Gasteiger partial charge in [0, 0.05) is 13.2 Å². The van der Waals surface area contributed by atoms with Gasteiger partial charge in [-0.15, -0.1) is 5.10 Å². The molecular weight excluding hydrogens is 333 g/mol. The van der Waals surface area contributed by atoms with Crippen molar-refractivity contribution in [3.8, 4) is 0 Å². The molecule has 3 aromatic rings. The maximum absolute atomic E-state index is 12.8. The van der Waals surface area contributed by atoms with Crippen molar-refractivity contribution in [1.82, 2.24) is 25.0 Å². The van der Waals surface area contributed by atoms with Crippen molar-refractivity contribution in [3.63, 3.8) is 0 Å². The summed E-state index contributed by atoms with van der Waals surface area (Å²) in [4.78, 5) is 19.2. The minimum absolute atomic E-state index is 0.131. The number of anilines is 1. The van der Waals surface area contributed by atoms with Crippen molar-refractivity contribution in [1.29, 1.82) is 0 Å². The first-order valence-electron chi connectivity index (χ1n) is 6.27. The summed E-state index contributed by atoms with van der Waals surface area (Å²) in [5.41, 5.74) is 0.627. The predicted molar refractivity (Wildman–Crippen MR) is 76.1 cm³/mol. The van der Waals surface area contributed by atoms with Gasteiger partial charge in [0.05, 0.1) is 11.3 Å². The van der Waals surface area contributed by atoms with Crippen LogP contribution < -0.4 is 5.32 Å². The number of halogens is 3. The van der Waals surface area contributed by atoms with Crippen LogP contribution in [-0.2, 0) is 13.2 Å². The number of carbonyl (C=O) groups is 1. The van der Waals surface area contributed by atoms with E-state index in [2.05, 4.69) is 25.6 Å². The fourth-order valence-electron chi connectivity index (χ4n) is 1.99. The quantitative estimate of drug-likeness (QED) is 0.773. The van der Waals surface area contributed by atoms with Gasteiger partial charge in [-0.05, 0) is 13.0 Å². The second-order valence-corrected chi connectivity index (χ2v) is 5.63. The molecule has 0 bridgehead atoms. The molecule has 0 aliphatic rings. The number of carbonyl (C=O) groups excluding carboxylic acids is 1. The molecule has 11 heteroatoms. The zero-order chi connectivity index (χ0) is 16.8. The van der Waals surface area contributed by atoms with Crippen LogP contribution in [0.25, 0.3) is 11.2 Å². The lowest BCUT2D eigenvalue weighted by Gasteiger charge is -2.02. The molecule has 3 aromatic heterocycles. The third-order valence-corrected chi connectivity index (χ3v) is 4.13. The van der Waals surface area contributed by atoms with Gasteiger partial charge < -0.3 is 0 Å². The fourth-order valence-corrected chi connectivity index (χ4v) is 2.82. The van der Waals surface area contributed by atoms with E-state index in [4.69, 9.17) is 0 Å². The first-order valence-corrected chi connectivity index (χ1v) is 7.09. The van der Waals surface area contributed by atoms with Crippen molar-refractivity contribution in [3.05, 3.63) is 28.4 Å². The standard InChI is InChI=1S/C12H9F3N6OS/c1-5-8(12(13,14)15)23-11(17-5)18-10(22)6-3-4-16-9-7(6)19-20-21(9)2/h3-4H,1-2H3,(H,17,18,22). The summed E-state index contributed by atoms with van der Waals surface area (Å²) in [6, 6.07) is 1.41. The van der Waals surface area contributed by atoms with E-state index in [1.54, 1.807) is 7.05 Å². The number of aryl methyl sites for hydroxylation is 2. The largest absolute Gasteiger partial charge is 0.427 e. The Morgan fingerprint density at radius 2 is 2.13 bits per heavy atom. The molecule has 0 atom stereocenters. The molecule has 0 aliphatic heterocycles. The van der Waals surface area contributed by atoms with Crippen molar-refractivity contribution in [2.75, 3.05) is 5.32 Å². The molecule has 3 heterocycles. The molecule has 120 valence electrons. The van der Waals surface area contributed by atoms with Crippen LogP contribution in [0.4, 0.5) is 18.3 Å². The number of rotatable bonds is 2.